The average Bonchev–Trinajstić information content (AvgIpc) is 3.00. The second-order valence-corrected chi connectivity index (χ2v) is 7.64. The monoisotopic (exact) mass is 405 g/mol. The van der Waals surface area contributed by atoms with Crippen molar-refractivity contribution in [2.75, 3.05) is 26.5 Å². The molecule has 1 aromatic heterocycles. The van der Waals surface area contributed by atoms with Crippen LogP contribution in [0.5, 0.6) is 5.75 Å². The molecule has 0 saturated heterocycles. The van der Waals surface area contributed by atoms with Crippen molar-refractivity contribution >= 4 is 33.3 Å². The molecular weight excluding hydrogens is 374 g/mol. The molecule has 1 heterocycles. The van der Waals surface area contributed by atoms with Crippen molar-refractivity contribution in [3.8, 4) is 5.75 Å². The fourth-order valence-corrected chi connectivity index (χ4v) is 3.08. The van der Waals surface area contributed by atoms with Gasteiger partial charge in [0.15, 0.2) is 0 Å². The quantitative estimate of drug-likeness (QED) is 0.528. The summed E-state index contributed by atoms with van der Waals surface area (Å²) in [5.41, 5.74) is 6.96. The van der Waals surface area contributed by atoms with Gasteiger partial charge >= 0.3 is 0 Å². The van der Waals surface area contributed by atoms with Gasteiger partial charge in [0.2, 0.25) is 10.0 Å². The lowest BCUT2D eigenvalue weighted by molar-refractivity contribution is 0.305. The van der Waals surface area contributed by atoms with Crippen LogP contribution in [0.4, 0.5) is 0 Å². The fraction of sp³-hybridized carbons (Fsp3) is 0.556. The summed E-state index contributed by atoms with van der Waals surface area (Å²) < 4.78 is 30.1. The van der Waals surface area contributed by atoms with Crippen molar-refractivity contribution in [3.63, 3.8) is 0 Å². The van der Waals surface area contributed by atoms with Crippen molar-refractivity contribution in [1.82, 2.24) is 9.71 Å². The van der Waals surface area contributed by atoms with Crippen LogP contribution >= 0.6 is 12.4 Å². The van der Waals surface area contributed by atoms with E-state index < -0.39 is 10.0 Å². The highest BCUT2D eigenvalue weighted by molar-refractivity contribution is 7.88. The van der Waals surface area contributed by atoms with Gasteiger partial charge in [-0.05, 0) is 50.1 Å². The standard InChI is InChI=1S/C17H26N2O3S.CH5N.ClH/c1-3-14-13-18-17-9-8-15(12-16(14)17)22-11-7-5-4-6-10-19-23(2,20)21;1-2;/h8-9,12-13,18-19H,3-7,10-11H2,1-2H3;2H2,1H3;1H. The highest BCUT2D eigenvalue weighted by Gasteiger charge is 2.04. The van der Waals surface area contributed by atoms with E-state index in [4.69, 9.17) is 4.74 Å². The number of aryl methyl sites for hydroxylation is 1. The lowest BCUT2D eigenvalue weighted by Gasteiger charge is -2.07. The van der Waals surface area contributed by atoms with Crippen molar-refractivity contribution in [1.29, 1.82) is 0 Å². The number of unbranched alkanes of at least 4 members (excludes halogenated alkanes) is 3. The van der Waals surface area contributed by atoms with Crippen molar-refractivity contribution < 1.29 is 13.2 Å². The number of aromatic amines is 1. The van der Waals surface area contributed by atoms with E-state index in [0.29, 0.717) is 13.2 Å². The predicted octanol–water partition coefficient (Wildman–Crippen LogP) is 3.22. The van der Waals surface area contributed by atoms with E-state index in [1.54, 1.807) is 0 Å². The Hall–Kier alpha value is -1.28. The zero-order valence-corrected chi connectivity index (χ0v) is 17.5. The van der Waals surface area contributed by atoms with Crippen LogP contribution in [0.3, 0.4) is 0 Å². The predicted molar refractivity (Wildman–Crippen MR) is 112 cm³/mol. The van der Waals surface area contributed by atoms with Crippen molar-refractivity contribution in [2.45, 2.75) is 39.0 Å². The normalized spacial score (nSPS) is 10.8. The van der Waals surface area contributed by atoms with E-state index in [2.05, 4.69) is 40.7 Å². The molecule has 0 spiro atoms. The van der Waals surface area contributed by atoms with Crippen LogP contribution in [0.15, 0.2) is 24.4 Å². The van der Waals surface area contributed by atoms with Crippen molar-refractivity contribution in [2.24, 2.45) is 5.73 Å². The SMILES string of the molecule is CCc1c[nH]c2ccc(OCCCCCCNS(C)(=O)=O)cc12.CN.Cl. The first kappa shape index (κ1) is 24.7. The number of fused-ring (bicyclic) bond motifs is 1. The van der Waals surface area contributed by atoms with E-state index in [1.165, 1.54) is 24.3 Å². The summed E-state index contributed by atoms with van der Waals surface area (Å²) in [6, 6.07) is 6.15. The summed E-state index contributed by atoms with van der Waals surface area (Å²) in [6.45, 7) is 3.36. The molecular formula is C18H32ClN3O3S. The third-order valence-electron chi connectivity index (χ3n) is 3.82. The summed E-state index contributed by atoms with van der Waals surface area (Å²) in [4.78, 5) is 3.27. The molecule has 1 aromatic carbocycles. The van der Waals surface area contributed by atoms with Crippen LogP contribution < -0.4 is 15.2 Å². The number of H-pyrrole nitrogens is 1. The molecule has 0 fully saturated rings. The summed E-state index contributed by atoms with van der Waals surface area (Å²) in [7, 11) is -1.55. The molecule has 150 valence electrons. The number of aromatic nitrogens is 1. The zero-order valence-electron chi connectivity index (χ0n) is 15.9. The van der Waals surface area contributed by atoms with Crippen LogP contribution in [-0.2, 0) is 16.4 Å². The maximum atomic E-state index is 10.9. The van der Waals surface area contributed by atoms with Gasteiger partial charge in [-0.2, -0.15) is 0 Å². The molecule has 0 aliphatic rings. The van der Waals surface area contributed by atoms with Gasteiger partial charge in [-0.3, -0.25) is 0 Å². The molecule has 0 unspecified atom stereocenters. The van der Waals surface area contributed by atoms with Gasteiger partial charge in [0.1, 0.15) is 5.75 Å². The Bertz CT molecular complexity index is 732. The van der Waals surface area contributed by atoms with Crippen LogP contribution in [-0.4, -0.2) is 39.9 Å². The van der Waals surface area contributed by atoms with Gasteiger partial charge in [0.25, 0.3) is 0 Å². The molecule has 4 N–H and O–H groups in total. The molecule has 0 bridgehead atoms. The molecule has 26 heavy (non-hydrogen) atoms. The number of benzene rings is 1. The Balaban J connectivity index is 0.00000201. The minimum Gasteiger partial charge on any atom is -0.494 e. The molecule has 0 radical (unpaired) electrons. The van der Waals surface area contributed by atoms with E-state index in [0.717, 1.165) is 43.4 Å². The van der Waals surface area contributed by atoms with Gasteiger partial charge < -0.3 is 15.5 Å². The van der Waals surface area contributed by atoms with Gasteiger partial charge in [-0.1, -0.05) is 19.8 Å². The molecule has 0 aliphatic carbocycles. The largest absolute Gasteiger partial charge is 0.494 e. The van der Waals surface area contributed by atoms with E-state index in [9.17, 15) is 8.42 Å². The first-order valence-corrected chi connectivity index (χ1v) is 10.6. The van der Waals surface area contributed by atoms with Gasteiger partial charge in [-0.15, -0.1) is 12.4 Å². The number of rotatable bonds is 10. The van der Waals surface area contributed by atoms with Gasteiger partial charge in [-0.25, -0.2) is 13.1 Å². The molecule has 0 aliphatic heterocycles. The Morgan fingerprint density at radius 2 is 1.85 bits per heavy atom. The second-order valence-electron chi connectivity index (χ2n) is 5.80. The van der Waals surface area contributed by atoms with Crippen LogP contribution in [0.25, 0.3) is 10.9 Å². The summed E-state index contributed by atoms with van der Waals surface area (Å²) in [5.74, 6) is 0.908. The Morgan fingerprint density at radius 3 is 2.50 bits per heavy atom. The smallest absolute Gasteiger partial charge is 0.208 e. The van der Waals surface area contributed by atoms with Gasteiger partial charge in [0, 0.05) is 23.6 Å². The molecule has 2 aromatic rings. The first-order valence-electron chi connectivity index (χ1n) is 8.75. The molecule has 8 heteroatoms. The Morgan fingerprint density at radius 1 is 1.15 bits per heavy atom. The number of nitrogens with two attached hydrogens (primary N) is 1. The maximum absolute atomic E-state index is 10.9. The number of nitrogens with one attached hydrogen (secondary N) is 2. The van der Waals surface area contributed by atoms with Crippen LogP contribution in [0.1, 0.15) is 38.2 Å². The minimum absolute atomic E-state index is 0. The molecule has 0 amide bonds. The zero-order chi connectivity index (χ0) is 18.7. The highest BCUT2D eigenvalue weighted by atomic mass is 35.5. The van der Waals surface area contributed by atoms with Crippen LogP contribution in [0, 0.1) is 0 Å². The number of hydrogen-bond donors (Lipinski definition) is 3. The molecule has 2 rings (SSSR count). The van der Waals surface area contributed by atoms with E-state index in [-0.39, 0.29) is 12.4 Å². The number of ether oxygens (including phenoxy) is 1. The van der Waals surface area contributed by atoms with E-state index in [1.807, 2.05) is 6.07 Å². The number of halogens is 1. The minimum atomic E-state index is -3.05. The van der Waals surface area contributed by atoms with Crippen LogP contribution in [0.2, 0.25) is 0 Å². The van der Waals surface area contributed by atoms with Gasteiger partial charge in [0.05, 0.1) is 12.9 Å². The average molecular weight is 406 g/mol. The Kier molecular flexibility index (Phi) is 12.3. The molecule has 6 nitrogen and oxygen atoms in total. The lowest BCUT2D eigenvalue weighted by atomic mass is 10.1. The van der Waals surface area contributed by atoms with E-state index >= 15 is 0 Å². The first-order chi connectivity index (χ1) is 12.0. The second kappa shape index (κ2) is 13.0. The summed E-state index contributed by atoms with van der Waals surface area (Å²) in [6.07, 6.45) is 8.13. The highest BCUT2D eigenvalue weighted by Crippen LogP contribution is 2.24. The third kappa shape index (κ3) is 8.89. The summed E-state index contributed by atoms with van der Waals surface area (Å²) in [5, 5.41) is 1.23. The molecule has 0 atom stereocenters. The number of hydrogen-bond acceptors (Lipinski definition) is 4. The third-order valence-corrected chi connectivity index (χ3v) is 4.55. The number of sulfonamides is 1. The van der Waals surface area contributed by atoms with Crippen molar-refractivity contribution in [3.05, 3.63) is 30.0 Å². The topological polar surface area (TPSA) is 97.2 Å². The molecule has 0 saturated carbocycles. The lowest BCUT2D eigenvalue weighted by Crippen LogP contribution is -2.22. The fourth-order valence-electron chi connectivity index (χ4n) is 2.57. The summed E-state index contributed by atoms with van der Waals surface area (Å²) >= 11 is 0. The Labute approximate surface area is 163 Å². The maximum Gasteiger partial charge on any atom is 0.208 e.